The summed E-state index contributed by atoms with van der Waals surface area (Å²) >= 11 is 1.76. The summed E-state index contributed by atoms with van der Waals surface area (Å²) in [6.45, 7) is 8.58. The summed E-state index contributed by atoms with van der Waals surface area (Å²) in [6, 6.07) is 0. The topological polar surface area (TPSA) is 67.5 Å². The Morgan fingerprint density at radius 1 is 1.23 bits per heavy atom. The van der Waals surface area contributed by atoms with Crippen molar-refractivity contribution in [2.24, 2.45) is 5.73 Å². The Morgan fingerprint density at radius 3 is 2.69 bits per heavy atom. The second kappa shape index (κ2) is 8.61. The minimum Gasteiger partial charge on any atom is -0.376 e. The first-order chi connectivity index (χ1) is 12.5. The van der Waals surface area contributed by atoms with Crippen LogP contribution in [0.4, 0.5) is 5.82 Å². The molecule has 0 aliphatic carbocycles. The number of hydrogen-bond acceptors (Lipinski definition) is 7. The molecule has 2 aromatic rings. The van der Waals surface area contributed by atoms with Crippen molar-refractivity contribution in [3.63, 3.8) is 0 Å². The lowest BCUT2D eigenvalue weighted by Crippen LogP contribution is -2.38. The second-order valence-electron chi connectivity index (χ2n) is 7.35. The highest BCUT2D eigenvalue weighted by atomic mass is 32.1. The summed E-state index contributed by atoms with van der Waals surface area (Å²) in [5.41, 5.74) is 7.07. The molecule has 1 atom stereocenters. The van der Waals surface area contributed by atoms with E-state index in [9.17, 15) is 0 Å². The highest BCUT2D eigenvalue weighted by Crippen LogP contribution is 2.35. The number of fused-ring (bicyclic) bond motifs is 1. The van der Waals surface area contributed by atoms with Gasteiger partial charge < -0.3 is 20.3 Å². The predicted octanol–water partition coefficient (Wildman–Crippen LogP) is 2.36. The van der Waals surface area contributed by atoms with Crippen LogP contribution in [0.1, 0.15) is 29.1 Å². The van der Waals surface area contributed by atoms with E-state index < -0.39 is 0 Å². The summed E-state index contributed by atoms with van der Waals surface area (Å²) < 4.78 is 5.92. The molecule has 0 aromatic carbocycles. The smallest absolute Gasteiger partial charge is 0.141 e. The number of aromatic nitrogens is 2. The van der Waals surface area contributed by atoms with Crippen LogP contribution >= 0.6 is 11.3 Å². The van der Waals surface area contributed by atoms with Gasteiger partial charge in [0.1, 0.15) is 16.5 Å². The third-order valence-electron chi connectivity index (χ3n) is 4.99. The third-order valence-corrected chi connectivity index (χ3v) is 6.09. The fourth-order valence-electron chi connectivity index (χ4n) is 3.38. The number of anilines is 1. The number of ether oxygens (including phenoxy) is 1. The molecule has 0 unspecified atom stereocenters. The molecule has 1 fully saturated rings. The van der Waals surface area contributed by atoms with E-state index in [4.69, 9.17) is 20.4 Å². The Kier molecular flexibility index (Phi) is 6.45. The lowest BCUT2D eigenvalue weighted by atomic mass is 10.1. The minimum atomic E-state index is 0.292. The molecule has 0 radical (unpaired) electrons. The van der Waals surface area contributed by atoms with Crippen LogP contribution in [0.5, 0.6) is 0 Å². The zero-order valence-corrected chi connectivity index (χ0v) is 17.2. The number of rotatable bonds is 8. The normalized spacial score (nSPS) is 17.5. The Hall–Kier alpha value is -1.28. The molecule has 1 aliphatic rings. The summed E-state index contributed by atoms with van der Waals surface area (Å²) in [5.74, 6) is 1.90. The maximum atomic E-state index is 5.92. The van der Waals surface area contributed by atoms with Crippen molar-refractivity contribution in [2.45, 2.75) is 39.2 Å². The van der Waals surface area contributed by atoms with Gasteiger partial charge in [0.15, 0.2) is 0 Å². The first kappa shape index (κ1) is 19.5. The van der Waals surface area contributed by atoms with Crippen molar-refractivity contribution < 1.29 is 4.74 Å². The molecular formula is C19H31N5OS. The van der Waals surface area contributed by atoms with E-state index in [0.29, 0.717) is 19.1 Å². The summed E-state index contributed by atoms with van der Waals surface area (Å²) in [6.07, 6.45) is 3.28. The van der Waals surface area contributed by atoms with E-state index in [2.05, 4.69) is 37.7 Å². The Morgan fingerprint density at radius 2 is 2.04 bits per heavy atom. The highest BCUT2D eigenvalue weighted by molar-refractivity contribution is 7.18. The van der Waals surface area contributed by atoms with Crippen LogP contribution in [0.3, 0.4) is 0 Å². The van der Waals surface area contributed by atoms with Gasteiger partial charge >= 0.3 is 0 Å². The SMILES string of the molecule is Cc1sc2nc(CCN)nc(N(CCN(C)C)C[C@H]3CCCO3)c2c1C. The summed E-state index contributed by atoms with van der Waals surface area (Å²) in [4.78, 5) is 16.7. The van der Waals surface area contributed by atoms with Crippen LogP contribution in [-0.2, 0) is 11.2 Å². The van der Waals surface area contributed by atoms with Crippen molar-refractivity contribution in [2.75, 3.05) is 51.8 Å². The fraction of sp³-hybridized carbons (Fsp3) is 0.684. The highest BCUT2D eigenvalue weighted by Gasteiger charge is 2.24. The molecule has 7 heteroatoms. The second-order valence-corrected chi connectivity index (χ2v) is 8.55. The molecule has 3 heterocycles. The average molecular weight is 378 g/mol. The minimum absolute atomic E-state index is 0.292. The first-order valence-electron chi connectivity index (χ1n) is 9.47. The molecular weight excluding hydrogens is 346 g/mol. The van der Waals surface area contributed by atoms with Crippen LogP contribution in [-0.4, -0.2) is 67.9 Å². The van der Waals surface area contributed by atoms with Crippen LogP contribution in [0.25, 0.3) is 10.2 Å². The molecule has 144 valence electrons. The van der Waals surface area contributed by atoms with E-state index in [1.165, 1.54) is 15.8 Å². The average Bonchev–Trinajstić information content (AvgIpc) is 3.20. The van der Waals surface area contributed by atoms with E-state index in [1.807, 2.05) is 0 Å². The molecule has 2 N–H and O–H groups in total. The van der Waals surface area contributed by atoms with Gasteiger partial charge in [-0.3, -0.25) is 0 Å². The Labute approximate surface area is 160 Å². The monoisotopic (exact) mass is 377 g/mol. The van der Waals surface area contributed by atoms with Gasteiger partial charge in [0.25, 0.3) is 0 Å². The summed E-state index contributed by atoms with van der Waals surface area (Å²) in [5, 5.41) is 1.20. The van der Waals surface area contributed by atoms with Crippen LogP contribution in [0, 0.1) is 13.8 Å². The van der Waals surface area contributed by atoms with Gasteiger partial charge in [-0.15, -0.1) is 11.3 Å². The number of aryl methyl sites for hydroxylation is 2. The molecule has 0 amide bonds. The molecule has 0 spiro atoms. The Balaban J connectivity index is 2.02. The van der Waals surface area contributed by atoms with Gasteiger partial charge in [0.2, 0.25) is 0 Å². The lowest BCUT2D eigenvalue weighted by molar-refractivity contribution is 0.115. The van der Waals surface area contributed by atoms with Gasteiger partial charge in [-0.25, -0.2) is 9.97 Å². The van der Waals surface area contributed by atoms with E-state index in [1.54, 1.807) is 11.3 Å². The van der Waals surface area contributed by atoms with Crippen molar-refractivity contribution in [1.29, 1.82) is 0 Å². The van der Waals surface area contributed by atoms with Crippen LogP contribution in [0.15, 0.2) is 0 Å². The van der Waals surface area contributed by atoms with Crippen LogP contribution < -0.4 is 10.6 Å². The van der Waals surface area contributed by atoms with Gasteiger partial charge in [-0.2, -0.15) is 0 Å². The molecule has 1 aliphatic heterocycles. The molecule has 6 nitrogen and oxygen atoms in total. The largest absolute Gasteiger partial charge is 0.376 e. The van der Waals surface area contributed by atoms with E-state index in [0.717, 1.165) is 55.6 Å². The number of nitrogens with zero attached hydrogens (tertiary/aromatic N) is 4. The molecule has 0 saturated carbocycles. The first-order valence-corrected chi connectivity index (χ1v) is 10.3. The maximum Gasteiger partial charge on any atom is 0.141 e. The number of thiophene rings is 1. The zero-order chi connectivity index (χ0) is 18.7. The number of hydrogen-bond donors (Lipinski definition) is 1. The van der Waals surface area contributed by atoms with Gasteiger partial charge in [0, 0.05) is 37.5 Å². The van der Waals surface area contributed by atoms with Crippen LogP contribution in [0.2, 0.25) is 0 Å². The van der Waals surface area contributed by atoms with E-state index in [-0.39, 0.29) is 0 Å². The predicted molar refractivity (Wildman–Crippen MR) is 109 cm³/mol. The quantitative estimate of drug-likeness (QED) is 0.762. The standard InChI is InChI=1S/C19H31N5OS/c1-13-14(2)26-19-17(13)18(21-16(22-19)7-8-20)24(10-9-23(3)4)12-15-6-5-11-25-15/h15H,5-12,20H2,1-4H3/t15-/m1/s1. The summed E-state index contributed by atoms with van der Waals surface area (Å²) in [7, 11) is 4.22. The third kappa shape index (κ3) is 4.34. The zero-order valence-electron chi connectivity index (χ0n) is 16.4. The molecule has 3 rings (SSSR count). The van der Waals surface area contributed by atoms with Gasteiger partial charge in [-0.05, 0) is 52.9 Å². The fourth-order valence-corrected chi connectivity index (χ4v) is 4.42. The van der Waals surface area contributed by atoms with Gasteiger partial charge in [-0.1, -0.05) is 0 Å². The molecule has 0 bridgehead atoms. The van der Waals surface area contributed by atoms with Crippen molar-refractivity contribution in [1.82, 2.24) is 14.9 Å². The molecule has 26 heavy (non-hydrogen) atoms. The molecule has 1 saturated heterocycles. The van der Waals surface area contributed by atoms with Crippen molar-refractivity contribution >= 4 is 27.4 Å². The number of nitrogens with two attached hydrogens (primary N) is 1. The van der Waals surface area contributed by atoms with E-state index >= 15 is 0 Å². The molecule has 2 aromatic heterocycles. The van der Waals surface area contributed by atoms with Gasteiger partial charge in [0.05, 0.1) is 11.5 Å². The lowest BCUT2D eigenvalue weighted by Gasteiger charge is -2.28. The Bertz CT molecular complexity index is 739. The number of likely N-dealkylation sites (N-methyl/N-ethyl adjacent to an activating group) is 1. The maximum absolute atomic E-state index is 5.92. The van der Waals surface area contributed by atoms with Crippen molar-refractivity contribution in [3.8, 4) is 0 Å². The van der Waals surface area contributed by atoms with Crippen molar-refractivity contribution in [3.05, 3.63) is 16.3 Å².